The summed E-state index contributed by atoms with van der Waals surface area (Å²) in [5, 5.41) is 2.42. The molecular weight excluding hydrogens is 214 g/mol. The number of nitrogens with one attached hydrogen (secondary N) is 1. The maximum Gasteiger partial charge on any atom is 0.407 e. The molecule has 0 fully saturated rings. The minimum atomic E-state index is -0.822. The van der Waals surface area contributed by atoms with E-state index in [1.54, 1.807) is 20.8 Å². The Hall–Kier alpha value is -1.30. The molecule has 94 valence electrons. The van der Waals surface area contributed by atoms with Crippen LogP contribution in [0.5, 0.6) is 0 Å². The molecule has 0 rings (SSSR count). The van der Waals surface area contributed by atoms with Crippen molar-refractivity contribution in [2.24, 2.45) is 0 Å². The second kappa shape index (κ2) is 6.32. The Labute approximate surface area is 95.2 Å². The van der Waals surface area contributed by atoms with E-state index in [2.05, 4.69) is 10.1 Å². The van der Waals surface area contributed by atoms with E-state index < -0.39 is 23.8 Å². The number of methoxy groups -OCH3 is 2. The lowest BCUT2D eigenvalue weighted by atomic mass is 10.2. The van der Waals surface area contributed by atoms with Crippen LogP contribution in [0.1, 0.15) is 20.8 Å². The number of carbonyl (C=O) groups excluding carboxylic acids is 2. The fourth-order valence-corrected chi connectivity index (χ4v) is 0.885. The maximum absolute atomic E-state index is 11.2. The molecule has 0 aromatic heterocycles. The van der Waals surface area contributed by atoms with Gasteiger partial charge in [0.25, 0.3) is 0 Å². The third-order valence-electron chi connectivity index (χ3n) is 1.58. The lowest BCUT2D eigenvalue weighted by molar-refractivity contribution is -0.151. The second-order valence-electron chi connectivity index (χ2n) is 4.13. The molecule has 0 saturated heterocycles. The van der Waals surface area contributed by atoms with Crippen molar-refractivity contribution < 1.29 is 23.8 Å². The van der Waals surface area contributed by atoms with E-state index in [1.165, 1.54) is 14.2 Å². The van der Waals surface area contributed by atoms with Crippen molar-refractivity contribution in [3.63, 3.8) is 0 Å². The van der Waals surface area contributed by atoms with Crippen LogP contribution in [0, 0.1) is 0 Å². The van der Waals surface area contributed by atoms with Crippen molar-refractivity contribution in [3.8, 4) is 0 Å². The summed E-state index contributed by atoms with van der Waals surface area (Å²) in [4.78, 5) is 22.4. The maximum atomic E-state index is 11.2. The standard InChI is InChI=1S/C10H19NO5/c1-10(2,3)16-9(13)11-6-7(14-4)8(12)15-5/h7H,6H2,1-5H3,(H,11,13). The summed E-state index contributed by atoms with van der Waals surface area (Å²) in [6.07, 6.45) is -1.42. The third kappa shape index (κ3) is 6.23. The molecule has 0 heterocycles. The third-order valence-corrected chi connectivity index (χ3v) is 1.58. The van der Waals surface area contributed by atoms with E-state index in [9.17, 15) is 9.59 Å². The molecule has 0 aliphatic carbocycles. The van der Waals surface area contributed by atoms with Crippen molar-refractivity contribution >= 4 is 12.1 Å². The number of carbonyl (C=O) groups is 2. The molecule has 0 aromatic rings. The molecule has 0 radical (unpaired) electrons. The summed E-state index contributed by atoms with van der Waals surface area (Å²) in [7, 11) is 2.61. The zero-order valence-electron chi connectivity index (χ0n) is 10.3. The molecule has 1 N–H and O–H groups in total. The van der Waals surface area contributed by atoms with Crippen LogP contribution >= 0.6 is 0 Å². The molecular formula is C10H19NO5. The highest BCUT2D eigenvalue weighted by Gasteiger charge is 2.21. The quantitative estimate of drug-likeness (QED) is 0.723. The van der Waals surface area contributed by atoms with Gasteiger partial charge in [-0.25, -0.2) is 9.59 Å². The van der Waals surface area contributed by atoms with Crippen molar-refractivity contribution in [3.05, 3.63) is 0 Å². The fraction of sp³-hybridized carbons (Fsp3) is 0.800. The van der Waals surface area contributed by atoms with Gasteiger partial charge in [-0.2, -0.15) is 0 Å². The van der Waals surface area contributed by atoms with Gasteiger partial charge in [0.15, 0.2) is 6.10 Å². The van der Waals surface area contributed by atoms with E-state index in [4.69, 9.17) is 9.47 Å². The summed E-state index contributed by atoms with van der Waals surface area (Å²) < 4.78 is 14.3. The normalized spacial score (nSPS) is 12.8. The van der Waals surface area contributed by atoms with Crippen molar-refractivity contribution in [2.75, 3.05) is 20.8 Å². The Morgan fingerprint density at radius 1 is 1.25 bits per heavy atom. The first-order valence-electron chi connectivity index (χ1n) is 4.87. The molecule has 1 amide bonds. The molecule has 0 saturated carbocycles. The minimum absolute atomic E-state index is 0.0120. The number of amides is 1. The monoisotopic (exact) mass is 233 g/mol. The first kappa shape index (κ1) is 14.7. The molecule has 6 nitrogen and oxygen atoms in total. The van der Waals surface area contributed by atoms with Crippen molar-refractivity contribution in [1.29, 1.82) is 0 Å². The zero-order valence-corrected chi connectivity index (χ0v) is 10.3. The van der Waals surface area contributed by atoms with Gasteiger partial charge in [0, 0.05) is 7.11 Å². The Morgan fingerprint density at radius 2 is 1.81 bits per heavy atom. The first-order chi connectivity index (χ1) is 7.30. The molecule has 0 aliphatic heterocycles. The van der Waals surface area contributed by atoms with Gasteiger partial charge >= 0.3 is 12.1 Å². The number of alkyl carbamates (subject to hydrolysis) is 1. The average Bonchev–Trinajstić information content (AvgIpc) is 2.15. The molecule has 0 aliphatic rings. The largest absolute Gasteiger partial charge is 0.467 e. The smallest absolute Gasteiger partial charge is 0.407 e. The van der Waals surface area contributed by atoms with E-state index in [-0.39, 0.29) is 6.54 Å². The Morgan fingerprint density at radius 3 is 2.19 bits per heavy atom. The van der Waals surface area contributed by atoms with E-state index in [1.807, 2.05) is 0 Å². The predicted octanol–water partition coefficient (Wildman–Crippen LogP) is 0.699. The molecule has 0 spiro atoms. The van der Waals surface area contributed by atoms with Crippen LogP contribution in [0.25, 0.3) is 0 Å². The van der Waals surface area contributed by atoms with Gasteiger partial charge < -0.3 is 19.5 Å². The lowest BCUT2D eigenvalue weighted by Crippen LogP contribution is -2.40. The second-order valence-corrected chi connectivity index (χ2v) is 4.13. The topological polar surface area (TPSA) is 73.9 Å². The summed E-state index contributed by atoms with van der Waals surface area (Å²) in [6, 6.07) is 0. The summed E-state index contributed by atoms with van der Waals surface area (Å²) in [5.41, 5.74) is -0.572. The highest BCUT2D eigenvalue weighted by Crippen LogP contribution is 2.06. The van der Waals surface area contributed by atoms with Gasteiger partial charge in [-0.05, 0) is 20.8 Å². The average molecular weight is 233 g/mol. The van der Waals surface area contributed by atoms with Crippen molar-refractivity contribution in [2.45, 2.75) is 32.5 Å². The van der Waals surface area contributed by atoms with Gasteiger partial charge in [0.05, 0.1) is 13.7 Å². The van der Waals surface area contributed by atoms with Gasteiger partial charge in [-0.1, -0.05) is 0 Å². The van der Waals surface area contributed by atoms with Gasteiger partial charge in [-0.3, -0.25) is 0 Å². The molecule has 16 heavy (non-hydrogen) atoms. The first-order valence-corrected chi connectivity index (χ1v) is 4.87. The Kier molecular flexibility index (Phi) is 5.81. The Bertz CT molecular complexity index is 246. The van der Waals surface area contributed by atoms with E-state index >= 15 is 0 Å². The summed E-state index contributed by atoms with van der Waals surface area (Å²) in [5.74, 6) is -0.543. The van der Waals surface area contributed by atoms with Crippen LogP contribution in [-0.4, -0.2) is 44.5 Å². The van der Waals surface area contributed by atoms with Gasteiger partial charge in [0.2, 0.25) is 0 Å². The molecule has 0 aromatic carbocycles. The Balaban J connectivity index is 4.03. The number of rotatable bonds is 4. The minimum Gasteiger partial charge on any atom is -0.467 e. The highest BCUT2D eigenvalue weighted by atomic mass is 16.6. The van der Waals surface area contributed by atoms with E-state index in [0.717, 1.165) is 0 Å². The zero-order chi connectivity index (χ0) is 12.8. The van der Waals surface area contributed by atoms with Crippen LogP contribution in [0.3, 0.4) is 0 Å². The number of ether oxygens (including phenoxy) is 3. The van der Waals surface area contributed by atoms with Crippen LogP contribution < -0.4 is 5.32 Å². The fourth-order valence-electron chi connectivity index (χ4n) is 0.885. The van der Waals surface area contributed by atoms with Crippen LogP contribution in [0.15, 0.2) is 0 Å². The summed E-state index contributed by atoms with van der Waals surface area (Å²) >= 11 is 0. The predicted molar refractivity (Wildman–Crippen MR) is 57.0 cm³/mol. The van der Waals surface area contributed by atoms with Crippen LogP contribution in [-0.2, 0) is 19.0 Å². The summed E-state index contributed by atoms with van der Waals surface area (Å²) in [6.45, 7) is 5.26. The molecule has 6 heteroatoms. The lowest BCUT2D eigenvalue weighted by Gasteiger charge is -2.20. The highest BCUT2D eigenvalue weighted by molar-refractivity contribution is 5.76. The molecule has 1 atom stereocenters. The van der Waals surface area contributed by atoms with Crippen LogP contribution in [0.2, 0.25) is 0 Å². The van der Waals surface area contributed by atoms with E-state index in [0.29, 0.717) is 0 Å². The number of hydrogen-bond acceptors (Lipinski definition) is 5. The van der Waals surface area contributed by atoms with Crippen molar-refractivity contribution in [1.82, 2.24) is 5.32 Å². The molecule has 1 unspecified atom stereocenters. The van der Waals surface area contributed by atoms with Gasteiger partial charge in [-0.15, -0.1) is 0 Å². The number of hydrogen-bond donors (Lipinski definition) is 1. The molecule has 0 bridgehead atoms. The van der Waals surface area contributed by atoms with Gasteiger partial charge in [0.1, 0.15) is 5.60 Å². The van der Waals surface area contributed by atoms with Crippen LogP contribution in [0.4, 0.5) is 4.79 Å². The number of esters is 1. The SMILES string of the molecule is COC(=O)C(CNC(=O)OC(C)(C)C)OC.